The van der Waals surface area contributed by atoms with E-state index in [2.05, 4.69) is 58.2 Å². The van der Waals surface area contributed by atoms with Crippen molar-refractivity contribution < 1.29 is 0 Å². The molecule has 1 atom stereocenters. The van der Waals surface area contributed by atoms with E-state index < -0.39 is 0 Å². The van der Waals surface area contributed by atoms with E-state index in [0.29, 0.717) is 6.04 Å². The van der Waals surface area contributed by atoms with E-state index in [1.165, 1.54) is 34.4 Å². The summed E-state index contributed by atoms with van der Waals surface area (Å²) in [7, 11) is 0. The number of hydrogen-bond acceptors (Lipinski definition) is 1. The second kappa shape index (κ2) is 8.38. The number of rotatable bonds is 6. The Kier molecular flexibility index (Phi) is 7.16. The molecule has 0 saturated heterocycles. The Hall–Kier alpha value is -1.09. The number of aryl methyl sites for hydroxylation is 2. The van der Waals surface area contributed by atoms with Crippen LogP contribution in [0.25, 0.3) is 0 Å². The molecule has 0 heterocycles. The smallest absolute Gasteiger partial charge is 0.171 e. The van der Waals surface area contributed by atoms with Crippen LogP contribution in [-0.2, 0) is 12.8 Å². The molecule has 0 amide bonds. The van der Waals surface area contributed by atoms with Gasteiger partial charge in [-0.1, -0.05) is 33.3 Å². The van der Waals surface area contributed by atoms with Crippen LogP contribution in [0.4, 0.5) is 5.69 Å². The van der Waals surface area contributed by atoms with Gasteiger partial charge in [-0.3, -0.25) is 0 Å². The van der Waals surface area contributed by atoms with Gasteiger partial charge in [0.25, 0.3) is 0 Å². The van der Waals surface area contributed by atoms with Crippen LogP contribution < -0.4 is 10.6 Å². The monoisotopic (exact) mass is 306 g/mol. The Bertz CT molecular complexity index is 466. The zero-order chi connectivity index (χ0) is 16.0. The first-order chi connectivity index (χ1) is 9.94. The number of thiocarbonyl (C=S) groups is 1. The Balaban J connectivity index is 3.03. The van der Waals surface area contributed by atoms with Gasteiger partial charge in [0.15, 0.2) is 5.11 Å². The molecule has 0 spiro atoms. The summed E-state index contributed by atoms with van der Waals surface area (Å²) < 4.78 is 0. The first kappa shape index (κ1) is 18.0. The van der Waals surface area contributed by atoms with Crippen molar-refractivity contribution in [3.8, 4) is 0 Å². The zero-order valence-corrected chi connectivity index (χ0v) is 15.2. The molecular formula is C18H30N2S. The second-order valence-corrected chi connectivity index (χ2v) is 6.25. The van der Waals surface area contributed by atoms with Gasteiger partial charge < -0.3 is 10.6 Å². The third-order valence-corrected chi connectivity index (χ3v) is 4.25. The first-order valence-corrected chi connectivity index (χ1v) is 8.54. The van der Waals surface area contributed by atoms with Gasteiger partial charge in [-0.25, -0.2) is 0 Å². The molecule has 0 saturated carbocycles. The Morgan fingerprint density at radius 3 is 2.05 bits per heavy atom. The van der Waals surface area contributed by atoms with E-state index in [-0.39, 0.29) is 0 Å². The molecule has 1 aromatic rings. The van der Waals surface area contributed by atoms with Gasteiger partial charge in [0.1, 0.15) is 0 Å². The van der Waals surface area contributed by atoms with E-state index in [9.17, 15) is 0 Å². The van der Waals surface area contributed by atoms with Crippen LogP contribution in [0.5, 0.6) is 0 Å². The summed E-state index contributed by atoms with van der Waals surface area (Å²) in [6.45, 7) is 13.2. The summed E-state index contributed by atoms with van der Waals surface area (Å²) in [5.41, 5.74) is 6.67. The fraction of sp³-hybridized carbons (Fsp3) is 0.611. The molecule has 1 aromatic carbocycles. The van der Waals surface area contributed by atoms with Crippen molar-refractivity contribution in [3.05, 3.63) is 28.3 Å². The Morgan fingerprint density at radius 1 is 1.10 bits per heavy atom. The number of hydrogen-bond donors (Lipinski definition) is 2. The van der Waals surface area contributed by atoms with Crippen LogP contribution in [0.3, 0.4) is 0 Å². The van der Waals surface area contributed by atoms with E-state index >= 15 is 0 Å². The lowest BCUT2D eigenvalue weighted by Crippen LogP contribution is -2.36. The summed E-state index contributed by atoms with van der Waals surface area (Å²) in [4.78, 5) is 0. The van der Waals surface area contributed by atoms with E-state index in [4.69, 9.17) is 12.2 Å². The summed E-state index contributed by atoms with van der Waals surface area (Å²) in [5.74, 6) is 0. The van der Waals surface area contributed by atoms with Gasteiger partial charge in [0.05, 0.1) is 0 Å². The van der Waals surface area contributed by atoms with Gasteiger partial charge in [-0.05, 0) is 74.5 Å². The number of benzene rings is 1. The lowest BCUT2D eigenvalue weighted by atomic mass is 9.94. The molecule has 0 aromatic heterocycles. The fourth-order valence-electron chi connectivity index (χ4n) is 3.02. The predicted molar refractivity (Wildman–Crippen MR) is 98.4 cm³/mol. The molecule has 0 bridgehead atoms. The first-order valence-electron chi connectivity index (χ1n) is 8.13. The van der Waals surface area contributed by atoms with Crippen LogP contribution in [-0.4, -0.2) is 11.2 Å². The molecule has 1 rings (SSSR count). The van der Waals surface area contributed by atoms with E-state index in [1.807, 2.05) is 0 Å². The minimum absolute atomic E-state index is 0.413. The van der Waals surface area contributed by atoms with Crippen molar-refractivity contribution in [1.82, 2.24) is 5.32 Å². The van der Waals surface area contributed by atoms with Crippen molar-refractivity contribution in [2.24, 2.45) is 0 Å². The fourth-order valence-corrected chi connectivity index (χ4v) is 3.32. The highest BCUT2D eigenvalue weighted by atomic mass is 32.1. The third-order valence-electron chi connectivity index (χ3n) is 4.03. The minimum atomic E-state index is 0.413. The number of nitrogens with one attached hydrogen (secondary N) is 2. The SMILES string of the molecule is CCCC(C)NC(=S)Nc1c(CC)c(C)cc(C)c1CC. The molecule has 0 aliphatic rings. The molecule has 118 valence electrons. The third kappa shape index (κ3) is 4.70. The van der Waals surface area contributed by atoms with Crippen LogP contribution in [0.15, 0.2) is 6.07 Å². The predicted octanol–water partition coefficient (Wildman–Crippen LogP) is 4.90. The van der Waals surface area contributed by atoms with Gasteiger partial charge in [0.2, 0.25) is 0 Å². The van der Waals surface area contributed by atoms with Gasteiger partial charge in [-0.15, -0.1) is 0 Å². The second-order valence-electron chi connectivity index (χ2n) is 5.84. The van der Waals surface area contributed by atoms with Crippen LogP contribution in [0.1, 0.15) is 62.8 Å². The highest BCUT2D eigenvalue weighted by Crippen LogP contribution is 2.29. The topological polar surface area (TPSA) is 24.1 Å². The number of anilines is 1. The lowest BCUT2D eigenvalue weighted by molar-refractivity contribution is 0.599. The highest BCUT2D eigenvalue weighted by molar-refractivity contribution is 7.80. The largest absolute Gasteiger partial charge is 0.360 e. The molecular weight excluding hydrogens is 276 g/mol. The quantitative estimate of drug-likeness (QED) is 0.731. The maximum absolute atomic E-state index is 5.51. The molecule has 2 N–H and O–H groups in total. The average molecular weight is 307 g/mol. The summed E-state index contributed by atoms with van der Waals surface area (Å²) in [6, 6.07) is 2.70. The normalized spacial score (nSPS) is 12.1. The molecule has 2 nitrogen and oxygen atoms in total. The van der Waals surface area contributed by atoms with Gasteiger partial charge in [-0.2, -0.15) is 0 Å². The van der Waals surface area contributed by atoms with Crippen molar-refractivity contribution in [1.29, 1.82) is 0 Å². The summed E-state index contributed by atoms with van der Waals surface area (Å²) in [5, 5.41) is 7.60. The van der Waals surface area contributed by atoms with Crippen LogP contribution in [0, 0.1) is 13.8 Å². The lowest BCUT2D eigenvalue weighted by Gasteiger charge is -2.22. The average Bonchev–Trinajstić information content (AvgIpc) is 2.39. The van der Waals surface area contributed by atoms with Crippen LogP contribution in [0.2, 0.25) is 0 Å². The maximum Gasteiger partial charge on any atom is 0.171 e. The van der Waals surface area contributed by atoms with Crippen molar-refractivity contribution in [2.75, 3.05) is 5.32 Å². The molecule has 0 radical (unpaired) electrons. The van der Waals surface area contributed by atoms with Crippen molar-refractivity contribution in [3.63, 3.8) is 0 Å². The molecule has 0 aliphatic carbocycles. The molecule has 3 heteroatoms. The molecule has 0 fully saturated rings. The maximum atomic E-state index is 5.51. The molecule has 0 aliphatic heterocycles. The Morgan fingerprint density at radius 2 is 1.62 bits per heavy atom. The van der Waals surface area contributed by atoms with Crippen molar-refractivity contribution in [2.45, 2.75) is 73.3 Å². The summed E-state index contributed by atoms with van der Waals surface area (Å²) >= 11 is 5.51. The Labute approximate surface area is 135 Å². The molecule has 1 unspecified atom stereocenters. The standard InChI is InChI=1S/C18H30N2S/c1-7-10-14(6)19-18(21)20-17-15(8-2)12(4)11-13(5)16(17)9-3/h11,14H,7-10H2,1-6H3,(H2,19,20,21). The van der Waals surface area contributed by atoms with Gasteiger partial charge >= 0.3 is 0 Å². The molecule has 21 heavy (non-hydrogen) atoms. The van der Waals surface area contributed by atoms with Gasteiger partial charge in [0, 0.05) is 11.7 Å². The van der Waals surface area contributed by atoms with Crippen LogP contribution >= 0.6 is 12.2 Å². The minimum Gasteiger partial charge on any atom is -0.360 e. The van der Waals surface area contributed by atoms with Crippen molar-refractivity contribution >= 4 is 23.0 Å². The summed E-state index contributed by atoms with van der Waals surface area (Å²) in [6.07, 6.45) is 4.35. The highest BCUT2D eigenvalue weighted by Gasteiger charge is 2.14. The zero-order valence-electron chi connectivity index (χ0n) is 14.4. The van der Waals surface area contributed by atoms with E-state index in [0.717, 1.165) is 24.4 Å². The van der Waals surface area contributed by atoms with E-state index in [1.54, 1.807) is 0 Å².